The molecular weight excluding hydrogens is 216 g/mol. The normalized spacial score (nSPS) is 10.6. The summed E-state index contributed by atoms with van der Waals surface area (Å²) in [5, 5.41) is 0.0725. The topological polar surface area (TPSA) is 82.5 Å². The van der Waals surface area contributed by atoms with Gasteiger partial charge in [-0.2, -0.15) is 15.0 Å². The van der Waals surface area contributed by atoms with Gasteiger partial charge < -0.3 is 5.73 Å². The molecule has 0 atom stereocenters. The van der Waals surface area contributed by atoms with Gasteiger partial charge >= 0.3 is 0 Å². The zero-order valence-corrected chi connectivity index (χ0v) is 9.02. The Labute approximate surface area is 91.2 Å². The average molecular weight is 225 g/mol. The van der Waals surface area contributed by atoms with Gasteiger partial charge in [0.2, 0.25) is 17.2 Å². The number of imidazole rings is 1. The van der Waals surface area contributed by atoms with Crippen LogP contribution in [0.4, 0.5) is 5.95 Å². The maximum atomic E-state index is 5.68. The van der Waals surface area contributed by atoms with Gasteiger partial charge in [0, 0.05) is 5.69 Å². The second kappa shape index (κ2) is 3.47. The van der Waals surface area contributed by atoms with Gasteiger partial charge in [0.15, 0.2) is 0 Å². The van der Waals surface area contributed by atoms with Gasteiger partial charge in [0.25, 0.3) is 0 Å². The predicted molar refractivity (Wildman–Crippen MR) is 55.8 cm³/mol. The molecule has 0 spiro atoms. The second-order valence-electron chi connectivity index (χ2n) is 3.05. The van der Waals surface area contributed by atoms with Crippen molar-refractivity contribution >= 4 is 17.5 Å². The van der Waals surface area contributed by atoms with Crippen LogP contribution in [0.2, 0.25) is 5.28 Å². The summed E-state index contributed by atoms with van der Waals surface area (Å²) in [6, 6.07) is 0. The molecule has 2 N–H and O–H groups in total. The molecule has 0 saturated carbocycles. The number of aromatic nitrogens is 5. The van der Waals surface area contributed by atoms with Gasteiger partial charge in [0.05, 0.1) is 5.69 Å². The highest BCUT2D eigenvalue weighted by Crippen LogP contribution is 2.12. The quantitative estimate of drug-likeness (QED) is 0.779. The number of rotatable bonds is 1. The van der Waals surface area contributed by atoms with Crippen molar-refractivity contribution in [2.24, 2.45) is 0 Å². The molecule has 2 rings (SSSR count). The summed E-state index contributed by atoms with van der Waals surface area (Å²) >= 11 is 5.68. The Kier molecular flexibility index (Phi) is 2.28. The van der Waals surface area contributed by atoms with E-state index in [1.165, 1.54) is 0 Å². The van der Waals surface area contributed by atoms with E-state index in [0.717, 1.165) is 11.4 Å². The highest BCUT2D eigenvalue weighted by atomic mass is 35.5. The summed E-state index contributed by atoms with van der Waals surface area (Å²) in [5.74, 6) is 0.473. The molecule has 2 heterocycles. The van der Waals surface area contributed by atoms with Crippen LogP contribution in [-0.2, 0) is 0 Å². The summed E-state index contributed by atoms with van der Waals surface area (Å²) in [5.41, 5.74) is 7.32. The van der Waals surface area contributed by atoms with Gasteiger partial charge in [-0.05, 0) is 25.4 Å². The van der Waals surface area contributed by atoms with Crippen LogP contribution < -0.4 is 5.73 Å². The van der Waals surface area contributed by atoms with E-state index < -0.39 is 0 Å². The maximum Gasteiger partial charge on any atom is 0.241 e. The number of aryl methyl sites for hydroxylation is 1. The molecule has 2 aromatic heterocycles. The number of nitrogens with two attached hydrogens (primary N) is 1. The van der Waals surface area contributed by atoms with E-state index in [-0.39, 0.29) is 11.2 Å². The molecule has 0 unspecified atom stereocenters. The number of hydrogen-bond acceptors (Lipinski definition) is 5. The highest BCUT2D eigenvalue weighted by molar-refractivity contribution is 6.28. The van der Waals surface area contributed by atoms with Crippen LogP contribution in [-0.4, -0.2) is 24.5 Å². The van der Waals surface area contributed by atoms with E-state index in [2.05, 4.69) is 19.9 Å². The van der Waals surface area contributed by atoms with E-state index in [1.807, 2.05) is 13.8 Å². The Morgan fingerprint density at radius 3 is 2.53 bits per heavy atom. The van der Waals surface area contributed by atoms with Gasteiger partial charge in [-0.3, -0.25) is 4.57 Å². The van der Waals surface area contributed by atoms with Crippen LogP contribution in [0.3, 0.4) is 0 Å². The van der Waals surface area contributed by atoms with Crippen molar-refractivity contribution < 1.29 is 0 Å². The molecule has 0 aliphatic rings. The fourth-order valence-electron chi connectivity index (χ4n) is 1.16. The van der Waals surface area contributed by atoms with Crippen LogP contribution >= 0.6 is 11.6 Å². The SMILES string of the molecule is Cc1ncn(-c2nc(N)nc(Cl)n2)c1C. The Hall–Kier alpha value is -1.69. The third-order valence-corrected chi connectivity index (χ3v) is 2.25. The lowest BCUT2D eigenvalue weighted by atomic mass is 10.4. The van der Waals surface area contributed by atoms with Crippen LogP contribution in [0.25, 0.3) is 5.95 Å². The molecule has 0 radical (unpaired) electrons. The second-order valence-corrected chi connectivity index (χ2v) is 3.39. The Morgan fingerprint density at radius 2 is 2.00 bits per heavy atom. The van der Waals surface area contributed by atoms with Gasteiger partial charge in [-0.25, -0.2) is 4.98 Å². The number of anilines is 1. The first-order valence-corrected chi connectivity index (χ1v) is 4.63. The fraction of sp³-hybridized carbons (Fsp3) is 0.250. The first kappa shape index (κ1) is 9.85. The molecule has 7 heteroatoms. The van der Waals surface area contributed by atoms with Crippen molar-refractivity contribution in [3.05, 3.63) is 23.0 Å². The first-order chi connectivity index (χ1) is 7.08. The highest BCUT2D eigenvalue weighted by Gasteiger charge is 2.08. The predicted octanol–water partition coefficient (Wildman–Crippen LogP) is 0.910. The third kappa shape index (κ3) is 1.75. The van der Waals surface area contributed by atoms with E-state index >= 15 is 0 Å². The largest absolute Gasteiger partial charge is 0.368 e. The summed E-state index contributed by atoms with van der Waals surface area (Å²) in [4.78, 5) is 15.8. The number of halogens is 1. The summed E-state index contributed by atoms with van der Waals surface area (Å²) in [7, 11) is 0. The lowest BCUT2D eigenvalue weighted by Crippen LogP contribution is -2.06. The summed E-state index contributed by atoms with van der Waals surface area (Å²) in [6.45, 7) is 3.81. The number of nitrogen functional groups attached to an aromatic ring is 1. The zero-order valence-electron chi connectivity index (χ0n) is 8.27. The molecule has 0 bridgehead atoms. The minimum Gasteiger partial charge on any atom is -0.368 e. The molecule has 15 heavy (non-hydrogen) atoms. The van der Waals surface area contributed by atoms with Crippen LogP contribution in [0.15, 0.2) is 6.33 Å². The van der Waals surface area contributed by atoms with Crippen molar-refractivity contribution in [2.75, 3.05) is 5.73 Å². The smallest absolute Gasteiger partial charge is 0.241 e. The monoisotopic (exact) mass is 224 g/mol. The van der Waals surface area contributed by atoms with Crippen molar-refractivity contribution in [1.82, 2.24) is 24.5 Å². The standard InChI is InChI=1S/C8H9ClN6/c1-4-5(2)15(3-11-4)8-13-6(9)12-7(10)14-8/h3H,1-2H3,(H2,10,12,13,14). The third-order valence-electron chi connectivity index (χ3n) is 2.08. The molecular formula is C8H9ClN6. The molecule has 78 valence electrons. The Bertz CT molecular complexity index is 486. The minimum atomic E-state index is 0.0725. The van der Waals surface area contributed by atoms with Crippen LogP contribution in [0, 0.1) is 13.8 Å². The summed E-state index contributed by atoms with van der Waals surface area (Å²) < 4.78 is 1.71. The van der Waals surface area contributed by atoms with E-state index in [0.29, 0.717) is 5.95 Å². The first-order valence-electron chi connectivity index (χ1n) is 4.26. The fourth-order valence-corrected chi connectivity index (χ4v) is 1.32. The van der Waals surface area contributed by atoms with E-state index in [4.69, 9.17) is 17.3 Å². The van der Waals surface area contributed by atoms with Gasteiger partial charge in [-0.1, -0.05) is 0 Å². The molecule has 0 fully saturated rings. The molecule has 0 aromatic carbocycles. The Morgan fingerprint density at radius 1 is 1.27 bits per heavy atom. The molecule has 0 amide bonds. The van der Waals surface area contributed by atoms with Crippen molar-refractivity contribution in [3.63, 3.8) is 0 Å². The molecule has 6 nitrogen and oxygen atoms in total. The van der Waals surface area contributed by atoms with Gasteiger partial charge in [-0.15, -0.1) is 0 Å². The van der Waals surface area contributed by atoms with E-state index in [1.54, 1.807) is 10.9 Å². The molecule has 2 aromatic rings. The van der Waals surface area contributed by atoms with E-state index in [9.17, 15) is 0 Å². The lowest BCUT2D eigenvalue weighted by molar-refractivity contribution is 0.876. The van der Waals surface area contributed by atoms with Crippen molar-refractivity contribution in [2.45, 2.75) is 13.8 Å². The average Bonchev–Trinajstić information content (AvgIpc) is 2.46. The number of nitrogens with zero attached hydrogens (tertiary/aromatic N) is 5. The molecule has 0 aliphatic heterocycles. The molecule has 0 aliphatic carbocycles. The maximum absolute atomic E-state index is 5.68. The lowest BCUT2D eigenvalue weighted by Gasteiger charge is -2.03. The number of hydrogen-bond donors (Lipinski definition) is 1. The van der Waals surface area contributed by atoms with Crippen LogP contribution in [0.5, 0.6) is 0 Å². The molecule has 0 saturated heterocycles. The summed E-state index contributed by atoms with van der Waals surface area (Å²) in [6.07, 6.45) is 1.62. The van der Waals surface area contributed by atoms with Gasteiger partial charge in [0.1, 0.15) is 6.33 Å². The van der Waals surface area contributed by atoms with Crippen molar-refractivity contribution in [3.8, 4) is 5.95 Å². The Balaban J connectivity index is 2.58. The van der Waals surface area contributed by atoms with Crippen LogP contribution in [0.1, 0.15) is 11.4 Å². The minimum absolute atomic E-state index is 0.0725. The zero-order chi connectivity index (χ0) is 11.0. The van der Waals surface area contributed by atoms with Crippen molar-refractivity contribution in [1.29, 1.82) is 0 Å².